The van der Waals surface area contributed by atoms with Gasteiger partial charge in [0.1, 0.15) is 18.6 Å². The lowest BCUT2D eigenvalue weighted by Gasteiger charge is -2.17. The lowest BCUT2D eigenvalue weighted by Crippen LogP contribution is -2.49. The van der Waals surface area contributed by atoms with Crippen molar-refractivity contribution in [1.29, 1.82) is 0 Å². The quantitative estimate of drug-likeness (QED) is 0.183. The molecule has 126 valence electrons. The predicted molar refractivity (Wildman–Crippen MR) is 75.7 cm³/mol. The Kier molecular flexibility index (Phi) is 8.74. The molecule has 2 atom stereocenters. The number of carbonyl (C=O) groups excluding carboxylic acids is 2. The number of nitrogens with two attached hydrogens (primary N) is 2. The van der Waals surface area contributed by atoms with E-state index in [1.165, 1.54) is 0 Å². The smallest absolute Gasteiger partial charge is 0.322 e. The molecule has 0 aromatic heterocycles. The van der Waals surface area contributed by atoms with Crippen molar-refractivity contribution in [1.82, 2.24) is 10.6 Å². The summed E-state index contributed by atoms with van der Waals surface area (Å²) in [5.74, 6) is -4.23. The van der Waals surface area contributed by atoms with E-state index in [1.54, 1.807) is 0 Å². The van der Waals surface area contributed by atoms with Gasteiger partial charge in [0.2, 0.25) is 11.8 Å². The Hall–Kier alpha value is -2.18. The number of hydrogen-bond donors (Lipinski definition) is 6. The van der Waals surface area contributed by atoms with Gasteiger partial charge in [-0.3, -0.25) is 19.2 Å². The minimum Gasteiger partial charge on any atom is -0.480 e. The molecule has 0 aliphatic rings. The molecule has 12 heteroatoms. The monoisotopic (exact) mass is 337 g/mol. The van der Waals surface area contributed by atoms with E-state index in [0.717, 1.165) is 5.37 Å². The van der Waals surface area contributed by atoms with Crippen molar-refractivity contribution in [3.05, 3.63) is 0 Å². The van der Waals surface area contributed by atoms with Gasteiger partial charge in [-0.25, -0.2) is 10.6 Å². The van der Waals surface area contributed by atoms with Gasteiger partial charge in [0.25, 0.3) is 0 Å². The highest BCUT2D eigenvalue weighted by Crippen LogP contribution is 1.95. The Bertz CT molecular complexity index is 529. The Morgan fingerprint density at radius 3 is 2.27 bits per heavy atom. The van der Waals surface area contributed by atoms with Gasteiger partial charge in [-0.1, -0.05) is 0 Å². The Morgan fingerprint density at radius 2 is 1.82 bits per heavy atom. The zero-order chi connectivity index (χ0) is 17.3. The van der Waals surface area contributed by atoms with E-state index in [1.807, 2.05) is 5.32 Å². The summed E-state index contributed by atoms with van der Waals surface area (Å²) in [7, 11) is -2.03. The molecule has 0 bridgehead atoms. The summed E-state index contributed by atoms with van der Waals surface area (Å²) in [5.41, 5.74) is 5.22. The molecule has 11 nitrogen and oxygen atoms in total. The van der Waals surface area contributed by atoms with Crippen LogP contribution >= 0.6 is 0 Å². The molecule has 0 heterocycles. The van der Waals surface area contributed by atoms with E-state index in [-0.39, 0.29) is 12.8 Å². The largest absolute Gasteiger partial charge is 0.480 e. The van der Waals surface area contributed by atoms with Gasteiger partial charge in [-0.2, -0.15) is 0 Å². The molecule has 0 radical (unpaired) electrons. The van der Waals surface area contributed by atoms with E-state index in [9.17, 15) is 23.4 Å². The summed E-state index contributed by atoms with van der Waals surface area (Å²) in [5, 5.41) is 26.9. The highest BCUT2D eigenvalue weighted by Gasteiger charge is 2.19. The van der Waals surface area contributed by atoms with Crippen molar-refractivity contribution in [3.8, 4) is 0 Å². The fraction of sp³-hybridized carbons (Fsp3) is 0.500. The van der Waals surface area contributed by atoms with Crippen molar-refractivity contribution in [3.63, 3.8) is 0 Å². The second-order valence-corrected chi connectivity index (χ2v) is 5.03. The molecule has 0 fully saturated rings. The number of aliphatic carboxylic acids is 2. The standard InChI is InChI=1S/C10H17N4O7S/c11-5(10(19)20)1-2-7(15)14-6(4-22(12)21)9(18)13-3-8(16)17/h4-6H,1-3,11H2,(H2,12,21)(H,13,18)(H,14,15)(H,16,17)(H,19,20)/q-1/t5-,6-/m0/s1. The third-order valence-electron chi connectivity index (χ3n) is 2.28. The zero-order valence-corrected chi connectivity index (χ0v) is 12.2. The van der Waals surface area contributed by atoms with Crippen LogP contribution in [0, 0.1) is 0 Å². The molecule has 0 aromatic rings. The van der Waals surface area contributed by atoms with Crippen molar-refractivity contribution in [2.24, 2.45) is 10.9 Å². The fourth-order valence-electron chi connectivity index (χ4n) is 1.22. The highest BCUT2D eigenvalue weighted by atomic mass is 32.2. The first kappa shape index (κ1) is 19.8. The molecule has 22 heavy (non-hydrogen) atoms. The lowest BCUT2D eigenvalue weighted by molar-refractivity contribution is -0.139. The molecule has 0 aromatic carbocycles. The van der Waals surface area contributed by atoms with Crippen molar-refractivity contribution in [2.45, 2.75) is 24.9 Å². The Balaban J connectivity index is 4.65. The maximum Gasteiger partial charge on any atom is 0.322 e. The van der Waals surface area contributed by atoms with Gasteiger partial charge in [0, 0.05) is 6.42 Å². The zero-order valence-electron chi connectivity index (χ0n) is 11.4. The van der Waals surface area contributed by atoms with Crippen molar-refractivity contribution >= 4 is 39.7 Å². The number of amides is 2. The molecule has 2 amide bonds. The summed E-state index contributed by atoms with van der Waals surface area (Å²) in [6.45, 7) is -0.694. The van der Waals surface area contributed by atoms with Crippen LogP contribution in [0.2, 0.25) is 0 Å². The second kappa shape index (κ2) is 9.70. The number of carboxylic acids is 2. The molecule has 0 unspecified atom stereocenters. The SMILES string of the molecule is N[C@@H](CCC(=O)N[C@@H](C=[S-](N)=O)C(=O)NCC(=O)O)C(=O)O. The first-order valence-corrected chi connectivity index (χ1v) is 7.18. The van der Waals surface area contributed by atoms with Crippen LogP contribution in [0.5, 0.6) is 0 Å². The third kappa shape index (κ3) is 8.89. The highest BCUT2D eigenvalue weighted by molar-refractivity contribution is 7.81. The molecule has 0 aliphatic heterocycles. The van der Waals surface area contributed by atoms with Crippen LogP contribution in [0.1, 0.15) is 12.8 Å². The minimum atomic E-state index is -2.03. The minimum absolute atomic E-state index is 0.170. The summed E-state index contributed by atoms with van der Waals surface area (Å²) in [6, 6.07) is -2.66. The fourth-order valence-corrected chi connectivity index (χ4v) is 1.68. The molecular weight excluding hydrogens is 320 g/mol. The van der Waals surface area contributed by atoms with E-state index >= 15 is 0 Å². The van der Waals surface area contributed by atoms with E-state index in [2.05, 4.69) is 5.32 Å². The van der Waals surface area contributed by atoms with Crippen LogP contribution in [-0.2, 0) is 34.0 Å². The topological polar surface area (TPSA) is 202 Å². The van der Waals surface area contributed by atoms with Crippen LogP contribution < -0.4 is 21.5 Å². The van der Waals surface area contributed by atoms with Crippen LogP contribution in [0.3, 0.4) is 0 Å². The summed E-state index contributed by atoms with van der Waals surface area (Å²) >= 11 is 0. The van der Waals surface area contributed by atoms with Gasteiger partial charge in [0.05, 0.1) is 0 Å². The predicted octanol–water partition coefficient (Wildman–Crippen LogP) is -3.50. The molecule has 0 rings (SSSR count). The van der Waals surface area contributed by atoms with Crippen LogP contribution in [0.15, 0.2) is 0 Å². The number of carboxylic acid groups (broad SMARTS) is 2. The van der Waals surface area contributed by atoms with Gasteiger partial charge < -0.3 is 35.9 Å². The number of nitrogens with one attached hydrogen (secondary N) is 2. The summed E-state index contributed by atoms with van der Waals surface area (Å²) in [6.07, 6.45) is -0.461. The van der Waals surface area contributed by atoms with E-state index in [0.29, 0.717) is 0 Å². The van der Waals surface area contributed by atoms with Crippen molar-refractivity contribution < 1.29 is 33.6 Å². The summed E-state index contributed by atoms with van der Waals surface area (Å²) < 4.78 is 10.9. The third-order valence-corrected chi connectivity index (χ3v) is 2.82. The normalized spacial score (nSPS) is 14.6. The Labute approximate surface area is 127 Å². The molecule has 0 saturated carbocycles. The second-order valence-electron chi connectivity index (χ2n) is 4.10. The number of rotatable bonds is 9. The van der Waals surface area contributed by atoms with Crippen LogP contribution in [0.4, 0.5) is 0 Å². The van der Waals surface area contributed by atoms with Crippen LogP contribution in [0.25, 0.3) is 0 Å². The first-order valence-electron chi connectivity index (χ1n) is 5.90. The lowest BCUT2D eigenvalue weighted by atomic mass is 10.1. The molecule has 0 aliphatic carbocycles. The molecule has 8 N–H and O–H groups in total. The molecule has 0 saturated heterocycles. The maximum atomic E-state index is 11.6. The van der Waals surface area contributed by atoms with Gasteiger partial charge in [-0.05, 0) is 6.42 Å². The molecular formula is C10H17N4O7S-. The maximum absolute atomic E-state index is 11.6. The molecule has 0 spiro atoms. The van der Waals surface area contributed by atoms with E-state index < -0.39 is 53.0 Å². The average Bonchev–Trinajstić information content (AvgIpc) is 2.40. The van der Waals surface area contributed by atoms with Gasteiger partial charge in [0.15, 0.2) is 0 Å². The van der Waals surface area contributed by atoms with Crippen LogP contribution in [-0.4, -0.2) is 58.0 Å². The first-order chi connectivity index (χ1) is 10.1. The summed E-state index contributed by atoms with van der Waals surface area (Å²) in [4.78, 5) is 44.1. The Morgan fingerprint density at radius 1 is 1.23 bits per heavy atom. The number of carbonyl (C=O) groups is 4. The van der Waals surface area contributed by atoms with E-state index in [4.69, 9.17) is 21.1 Å². The average molecular weight is 337 g/mol. The number of hydrogen-bond acceptors (Lipinski definition) is 7. The van der Waals surface area contributed by atoms with Gasteiger partial charge >= 0.3 is 11.9 Å². The van der Waals surface area contributed by atoms with Gasteiger partial charge in [-0.15, -0.1) is 5.37 Å². The van der Waals surface area contributed by atoms with Crippen molar-refractivity contribution in [2.75, 3.05) is 6.54 Å².